The highest BCUT2D eigenvalue weighted by molar-refractivity contribution is 7.90. The number of hydrogen-bond acceptors (Lipinski definition) is 11. The van der Waals surface area contributed by atoms with Gasteiger partial charge in [-0.25, -0.2) is 18.1 Å². The number of ether oxygens (including phenoxy) is 2. The predicted octanol–water partition coefficient (Wildman–Crippen LogP) is 8.37. The summed E-state index contributed by atoms with van der Waals surface area (Å²) >= 11 is 6.25. The molecule has 14 nitrogen and oxygen atoms in total. The molecular weight excluding hydrogens is 842 g/mol. The second-order valence-corrected chi connectivity index (χ2v) is 20.2. The van der Waals surface area contributed by atoms with Gasteiger partial charge in [0.15, 0.2) is 0 Å². The van der Waals surface area contributed by atoms with E-state index < -0.39 is 25.7 Å². The topological polar surface area (TPSA) is 172 Å². The number of hydrogen-bond donors (Lipinski definition) is 3. The summed E-state index contributed by atoms with van der Waals surface area (Å²) in [5.74, 6) is 0.105. The van der Waals surface area contributed by atoms with E-state index >= 15 is 0 Å². The summed E-state index contributed by atoms with van der Waals surface area (Å²) in [5, 5.41) is 17.2. The lowest BCUT2D eigenvalue weighted by atomic mass is 9.72. The maximum Gasteiger partial charge on any atom is 0.277 e. The van der Waals surface area contributed by atoms with Gasteiger partial charge in [0.05, 0.1) is 33.7 Å². The number of pyridine rings is 1. The number of piperidine rings is 1. The Bertz CT molecular complexity index is 2690. The van der Waals surface area contributed by atoms with E-state index in [9.17, 15) is 23.3 Å². The van der Waals surface area contributed by atoms with Gasteiger partial charge in [0.25, 0.3) is 21.6 Å². The molecule has 330 valence electrons. The summed E-state index contributed by atoms with van der Waals surface area (Å²) in [5.41, 5.74) is 5.80. The van der Waals surface area contributed by atoms with Crippen LogP contribution in [-0.4, -0.2) is 86.5 Å². The zero-order valence-corrected chi connectivity index (χ0v) is 37.1. The molecule has 1 aliphatic carbocycles. The van der Waals surface area contributed by atoms with Crippen LogP contribution in [0.1, 0.15) is 67.4 Å². The summed E-state index contributed by atoms with van der Waals surface area (Å²) in [7, 11) is -4.61. The minimum Gasteiger partial charge on any atom is -0.493 e. The number of carbonyl (C=O) groups is 1. The lowest BCUT2D eigenvalue weighted by molar-refractivity contribution is -0.386. The number of allylic oxidation sites excluding steroid dienone is 1. The number of carbonyl (C=O) groups excluding carboxylic acids is 1. The number of nitrogens with one attached hydrogen (secondary N) is 3. The number of aromatic nitrogens is 2. The Morgan fingerprint density at radius 2 is 1.81 bits per heavy atom. The lowest BCUT2D eigenvalue weighted by Gasteiger charge is -2.39. The van der Waals surface area contributed by atoms with Crippen LogP contribution >= 0.6 is 11.6 Å². The number of nitro benzene ring substituents is 1. The molecule has 0 radical (unpaired) electrons. The Morgan fingerprint density at radius 1 is 1.03 bits per heavy atom. The van der Waals surface area contributed by atoms with Crippen molar-refractivity contribution in [3.63, 3.8) is 0 Å². The van der Waals surface area contributed by atoms with Crippen LogP contribution in [0.15, 0.2) is 89.6 Å². The molecule has 0 bridgehead atoms. The molecule has 2 aromatic heterocycles. The number of benzene rings is 3. The van der Waals surface area contributed by atoms with Gasteiger partial charge in [-0.15, -0.1) is 0 Å². The molecule has 3 N–H and O–H groups in total. The van der Waals surface area contributed by atoms with Gasteiger partial charge in [-0.2, -0.15) is 0 Å². The first-order chi connectivity index (χ1) is 30.3. The maximum absolute atomic E-state index is 14.1. The summed E-state index contributed by atoms with van der Waals surface area (Å²) in [6, 6.07) is 19.2. The minimum atomic E-state index is -4.61. The Hall–Kier alpha value is -5.48. The average Bonchev–Trinajstić information content (AvgIpc) is 3.75. The third kappa shape index (κ3) is 9.42. The molecule has 5 aromatic rings. The second-order valence-electron chi connectivity index (χ2n) is 18.0. The normalized spacial score (nSPS) is 19.7. The Morgan fingerprint density at radius 3 is 2.57 bits per heavy atom. The Kier molecular flexibility index (Phi) is 12.0. The first-order valence-corrected chi connectivity index (χ1v) is 23.6. The third-order valence-corrected chi connectivity index (χ3v) is 14.8. The van der Waals surface area contributed by atoms with Gasteiger partial charge in [0.2, 0.25) is 0 Å². The maximum atomic E-state index is 14.1. The molecule has 3 aromatic carbocycles. The molecule has 1 amide bonds. The average molecular weight is 894 g/mol. The van der Waals surface area contributed by atoms with Gasteiger partial charge < -0.3 is 24.7 Å². The van der Waals surface area contributed by atoms with Crippen LogP contribution in [0.5, 0.6) is 17.2 Å². The fourth-order valence-electron chi connectivity index (χ4n) is 9.61. The van der Waals surface area contributed by atoms with Crippen molar-refractivity contribution in [2.45, 2.75) is 57.3 Å². The minimum absolute atomic E-state index is 0.0365. The van der Waals surface area contributed by atoms with E-state index in [0.717, 1.165) is 100 Å². The van der Waals surface area contributed by atoms with Crippen LogP contribution in [0.4, 0.5) is 11.4 Å². The molecule has 1 atom stereocenters. The van der Waals surface area contributed by atoms with Crippen molar-refractivity contribution in [2.75, 3.05) is 57.3 Å². The van der Waals surface area contributed by atoms with Crippen molar-refractivity contribution in [3.05, 3.63) is 117 Å². The number of rotatable bonds is 11. The number of sulfonamides is 1. The first-order valence-electron chi connectivity index (χ1n) is 21.7. The second kappa shape index (κ2) is 17.6. The van der Waals surface area contributed by atoms with Crippen molar-refractivity contribution in [3.8, 4) is 17.2 Å². The molecule has 0 saturated carbocycles. The van der Waals surface area contributed by atoms with Gasteiger partial charge >= 0.3 is 0 Å². The van der Waals surface area contributed by atoms with Crippen molar-refractivity contribution in [2.24, 2.45) is 17.3 Å². The molecule has 5 heterocycles. The zero-order chi connectivity index (χ0) is 43.9. The largest absolute Gasteiger partial charge is 0.493 e. The van der Waals surface area contributed by atoms with Gasteiger partial charge in [-0.3, -0.25) is 19.8 Å². The number of nitro groups is 1. The fraction of sp³-hybridized carbons (Fsp3) is 0.404. The number of halogens is 1. The lowest BCUT2D eigenvalue weighted by Crippen LogP contribution is -2.47. The Labute approximate surface area is 372 Å². The standard InChI is InChI=1S/C47H52ClN7O7S/c1-47(2)13-9-33(41(26-47)31-3-5-35(48)6-4-31)28-53-17-19-54(20-18-53)36-7-8-39(44(23-36)62-37-21-32-12-16-50-45(32)51-27-37)46(56)52-63(59,60)38-24-42(55(57)58)40-22-34(29-61-43(40)25-38)30-10-14-49-15-11-30/h3-8,12,16,21,23-25,27,30,34,49H,9-11,13-15,17-20,22,26,28-29H2,1-2H3,(H,50,51)(H,52,56)/t34-/m0/s1. The number of H-pyrrole nitrogens is 1. The molecular formula is C47H52ClN7O7S. The molecule has 3 aliphatic heterocycles. The summed E-state index contributed by atoms with van der Waals surface area (Å²) in [6.45, 7) is 10.7. The quantitative estimate of drug-likeness (QED) is 0.0860. The number of aromatic amines is 1. The molecule has 16 heteroatoms. The van der Waals surface area contributed by atoms with Crippen molar-refractivity contribution >= 4 is 55.5 Å². The highest BCUT2D eigenvalue weighted by Gasteiger charge is 2.36. The molecule has 0 unspecified atom stereocenters. The number of amides is 1. The van der Waals surface area contributed by atoms with Crippen LogP contribution in [-0.2, 0) is 16.4 Å². The summed E-state index contributed by atoms with van der Waals surface area (Å²) in [6.07, 6.45) is 8.79. The van der Waals surface area contributed by atoms with Gasteiger partial charge in [0, 0.05) is 79.1 Å². The van der Waals surface area contributed by atoms with Gasteiger partial charge in [-0.1, -0.05) is 43.2 Å². The fourth-order valence-corrected chi connectivity index (χ4v) is 10.7. The van der Waals surface area contributed by atoms with E-state index in [1.54, 1.807) is 30.5 Å². The number of fused-ring (bicyclic) bond motifs is 2. The highest BCUT2D eigenvalue weighted by atomic mass is 35.5. The smallest absolute Gasteiger partial charge is 0.277 e. The van der Waals surface area contributed by atoms with Crippen LogP contribution < -0.4 is 24.4 Å². The van der Waals surface area contributed by atoms with E-state index in [0.29, 0.717) is 35.9 Å². The summed E-state index contributed by atoms with van der Waals surface area (Å²) < 4.78 is 42.4. The molecule has 4 aliphatic rings. The SMILES string of the molecule is CC1(C)CCC(CN2CCN(c3ccc(C(=O)NS(=O)(=O)c4cc5c(c([N+](=O)[O-])c4)C[C@H](C4CCNCC4)CO5)c(Oc4cnc5[nH]ccc5c4)c3)CC2)=C(c2ccc(Cl)cc2)C1. The van der Waals surface area contributed by atoms with E-state index in [1.807, 2.05) is 18.2 Å². The molecule has 63 heavy (non-hydrogen) atoms. The van der Waals surface area contributed by atoms with E-state index in [4.69, 9.17) is 21.1 Å². The van der Waals surface area contributed by atoms with Crippen LogP contribution in [0.2, 0.25) is 5.02 Å². The molecule has 9 rings (SSSR count). The van der Waals surface area contributed by atoms with Crippen LogP contribution in [0.3, 0.4) is 0 Å². The monoisotopic (exact) mass is 893 g/mol. The molecule has 0 spiro atoms. The van der Waals surface area contributed by atoms with Gasteiger partial charge in [-0.05, 0) is 110 Å². The summed E-state index contributed by atoms with van der Waals surface area (Å²) in [4.78, 5) is 37.6. The van der Waals surface area contributed by atoms with Gasteiger partial charge in [0.1, 0.15) is 22.9 Å². The van der Waals surface area contributed by atoms with Crippen LogP contribution in [0.25, 0.3) is 16.6 Å². The Balaban J connectivity index is 0.947. The van der Waals surface area contributed by atoms with E-state index in [1.165, 1.54) is 29.0 Å². The van der Waals surface area contributed by atoms with Crippen molar-refractivity contribution in [1.29, 1.82) is 0 Å². The van der Waals surface area contributed by atoms with E-state index in [-0.39, 0.29) is 34.1 Å². The van der Waals surface area contributed by atoms with Crippen LogP contribution in [0, 0.1) is 27.4 Å². The van der Waals surface area contributed by atoms with Crippen molar-refractivity contribution in [1.82, 2.24) is 24.9 Å². The third-order valence-electron chi connectivity index (χ3n) is 13.2. The number of anilines is 1. The van der Waals surface area contributed by atoms with Crippen molar-refractivity contribution < 1.29 is 27.6 Å². The highest BCUT2D eigenvalue weighted by Crippen LogP contribution is 2.44. The first kappa shape index (κ1) is 42.8. The predicted molar refractivity (Wildman–Crippen MR) is 243 cm³/mol. The van der Waals surface area contributed by atoms with E-state index in [2.05, 4.69) is 55.8 Å². The number of piperazine rings is 1. The zero-order valence-electron chi connectivity index (χ0n) is 35.5. The molecule has 2 fully saturated rings. The number of nitrogens with zero attached hydrogens (tertiary/aromatic N) is 4. The molecule has 2 saturated heterocycles.